The number of nitrogen functional groups attached to an aromatic ring is 2. The average molecular weight is 735 g/mol. The summed E-state index contributed by atoms with van der Waals surface area (Å²) < 4.78 is 34.1. The molecule has 0 aliphatic carbocycles. The summed E-state index contributed by atoms with van der Waals surface area (Å²) in [4.78, 5) is 0. The van der Waals surface area contributed by atoms with Gasteiger partial charge in [-0.25, -0.2) is 0 Å². The van der Waals surface area contributed by atoms with Crippen LogP contribution in [0.5, 0.6) is 23.0 Å². The first-order chi connectivity index (χ1) is 15.1. The standard InChI is InChI=1S/C20H26N2O6.2BrH.Cd.4H2O/c21-15-1-3-17-19(13-15)27-11-7-24-6-10-26-18-4-2-16(22)14-20(18)28-12-8-23-5-9-25-17;;;;;;;/h1-4,13-14H,5-12,21-22H2;2*1H;;4*1H2/q;;;+2;;;;/p-2. The number of hydrogen-bond donors (Lipinski definition) is 2. The Balaban J connectivity index is -0.00000139. The zero-order valence-corrected chi connectivity index (χ0v) is 26.4. The maximum atomic E-state index is 5.83. The van der Waals surface area contributed by atoms with Crippen LogP contribution in [0.1, 0.15) is 0 Å². The second kappa shape index (κ2) is 23.3. The molecule has 0 bridgehead atoms. The van der Waals surface area contributed by atoms with Crippen LogP contribution in [0.3, 0.4) is 0 Å². The monoisotopic (exact) mass is 734 g/mol. The van der Waals surface area contributed by atoms with Gasteiger partial charge in [-0.3, -0.25) is 0 Å². The number of hydrogen-bond acceptors (Lipinski definition) is 8. The molecule has 3 rings (SSSR count). The maximum absolute atomic E-state index is 5.83. The van der Waals surface area contributed by atoms with Crippen molar-refractivity contribution >= 4 is 35.3 Å². The number of nitrogens with two attached hydrogens (primary N) is 2. The fourth-order valence-electron chi connectivity index (χ4n) is 2.56. The zero-order chi connectivity index (χ0) is 22.3. The fourth-order valence-corrected chi connectivity index (χ4v) is 2.56. The van der Waals surface area contributed by atoms with Gasteiger partial charge < -0.3 is 61.8 Å². The van der Waals surface area contributed by atoms with Gasteiger partial charge in [-0.15, -0.1) is 0 Å². The average Bonchev–Trinajstić information content (AvgIpc) is 2.75. The summed E-state index contributed by atoms with van der Waals surface area (Å²) in [6.45, 7) is 3.14. The number of fused-ring (bicyclic) bond motifs is 2. The van der Waals surface area contributed by atoms with Gasteiger partial charge in [-0.05, 0) is 24.3 Å². The molecule has 1 aliphatic rings. The number of anilines is 2. The zero-order valence-electron chi connectivity index (χ0n) is 19.2. The van der Waals surface area contributed by atoms with Crippen LogP contribution in [0.4, 0.5) is 11.4 Å². The van der Waals surface area contributed by atoms with E-state index in [1.54, 1.807) is 36.4 Å². The van der Waals surface area contributed by atoms with Crippen molar-refractivity contribution in [1.29, 1.82) is 0 Å². The first kappa shape index (κ1) is 38.4. The molecule has 0 saturated heterocycles. The van der Waals surface area contributed by atoms with E-state index in [0.29, 0.717) is 87.2 Å². The number of benzene rings is 2. The van der Waals surface area contributed by atoms with Crippen LogP contribution < -0.4 is 30.4 Å². The molecule has 35 heavy (non-hydrogen) atoms. The Hall–Kier alpha value is -1.12. The Morgan fingerprint density at radius 1 is 0.514 bits per heavy atom. The van der Waals surface area contributed by atoms with Crippen molar-refractivity contribution in [1.82, 2.24) is 0 Å². The van der Waals surface area contributed by atoms with E-state index in [2.05, 4.69) is 24.0 Å². The molecule has 0 fully saturated rings. The summed E-state index contributed by atoms with van der Waals surface area (Å²) in [7, 11) is 0. The van der Waals surface area contributed by atoms with Gasteiger partial charge in [-0.2, -0.15) is 0 Å². The van der Waals surface area contributed by atoms with Crippen molar-refractivity contribution in [2.75, 3.05) is 64.3 Å². The number of ether oxygens (including phenoxy) is 6. The van der Waals surface area contributed by atoms with E-state index < -0.39 is 0 Å². The van der Waals surface area contributed by atoms with Crippen LogP contribution in [0.25, 0.3) is 0 Å². The molecule has 12 N–H and O–H groups in total. The predicted octanol–water partition coefficient (Wildman–Crippen LogP) is 0.503. The van der Waals surface area contributed by atoms with E-state index in [1.165, 1.54) is 0 Å². The Labute approximate surface area is 227 Å². The van der Waals surface area contributed by atoms with Crippen molar-refractivity contribution in [2.45, 2.75) is 0 Å². The van der Waals surface area contributed by atoms with Gasteiger partial charge in [0.25, 0.3) is 0 Å². The minimum absolute atomic E-state index is 0. The van der Waals surface area contributed by atoms with Crippen LogP contribution >= 0.6 is 24.0 Å². The summed E-state index contributed by atoms with van der Waals surface area (Å²) in [5, 5.41) is 0. The molecule has 0 spiro atoms. The molecule has 2 aromatic rings. The molecule has 0 aromatic heterocycles. The molecule has 0 amide bonds. The molecule has 200 valence electrons. The Morgan fingerprint density at radius 3 is 1.11 bits per heavy atom. The Morgan fingerprint density at radius 2 is 0.800 bits per heavy atom. The van der Waals surface area contributed by atoms with Crippen LogP contribution in [0.2, 0.25) is 0 Å². The molecule has 0 unspecified atom stereocenters. The van der Waals surface area contributed by atoms with Crippen molar-refractivity contribution in [3.63, 3.8) is 0 Å². The van der Waals surface area contributed by atoms with E-state index >= 15 is 0 Å². The quantitative estimate of drug-likeness (QED) is 0.285. The normalized spacial score (nSPS) is 13.5. The SMILES string of the molecule is Nc1ccc2c(c1)OCCOCCOc1ccc(N)cc1OCCOCCO2.O.O.O.O.[Br][Cd][Br]. The van der Waals surface area contributed by atoms with Gasteiger partial charge in [0.05, 0.1) is 26.4 Å². The molecule has 15 heteroatoms. The van der Waals surface area contributed by atoms with E-state index in [0.717, 1.165) is 0 Å². The Kier molecular flexibility index (Phi) is 25.6. The first-order valence-corrected chi connectivity index (χ1v) is 27.8. The van der Waals surface area contributed by atoms with Gasteiger partial charge in [-0.1, -0.05) is 0 Å². The molecule has 12 nitrogen and oxygen atoms in total. The summed E-state index contributed by atoms with van der Waals surface area (Å²) in [6, 6.07) is 10.5. The fraction of sp³-hybridized carbons (Fsp3) is 0.400. The molecule has 0 radical (unpaired) electrons. The molecule has 0 saturated carbocycles. The number of rotatable bonds is 0. The van der Waals surface area contributed by atoms with Gasteiger partial charge in [0.1, 0.15) is 26.4 Å². The van der Waals surface area contributed by atoms with Crippen molar-refractivity contribution in [3.8, 4) is 23.0 Å². The molecule has 0 atom stereocenters. The third-order valence-corrected chi connectivity index (χ3v) is 3.88. The van der Waals surface area contributed by atoms with Crippen LogP contribution in [0, 0.1) is 0 Å². The van der Waals surface area contributed by atoms with E-state index in [9.17, 15) is 0 Å². The summed E-state index contributed by atoms with van der Waals surface area (Å²) in [5.41, 5.74) is 12.9. The molecule has 2 aromatic carbocycles. The molecular formula is C20H34Br2CdN2O10. The van der Waals surface area contributed by atoms with Gasteiger partial charge in [0.2, 0.25) is 0 Å². The van der Waals surface area contributed by atoms with Crippen molar-refractivity contribution in [3.05, 3.63) is 36.4 Å². The first-order valence-electron chi connectivity index (χ1n) is 9.71. The van der Waals surface area contributed by atoms with E-state index in [1.807, 2.05) is 0 Å². The second-order valence-corrected chi connectivity index (χ2v) is 24.3. The molecule has 1 heterocycles. The van der Waals surface area contributed by atoms with Crippen molar-refractivity contribution < 1.29 is 69.7 Å². The molecular weight excluding hydrogens is 700 g/mol. The van der Waals surface area contributed by atoms with Crippen LogP contribution in [-0.2, 0) is 28.9 Å². The van der Waals surface area contributed by atoms with Gasteiger partial charge in [0.15, 0.2) is 23.0 Å². The summed E-state index contributed by atoms with van der Waals surface area (Å²) in [5.74, 6) is 2.39. The third kappa shape index (κ3) is 15.6. The van der Waals surface area contributed by atoms with E-state index in [4.69, 9.17) is 39.9 Å². The third-order valence-electron chi connectivity index (χ3n) is 3.88. The Bertz CT molecular complexity index is 732. The topological polar surface area (TPSA) is 233 Å². The van der Waals surface area contributed by atoms with Crippen LogP contribution in [-0.4, -0.2) is 74.8 Å². The molecule has 1 aliphatic heterocycles. The van der Waals surface area contributed by atoms with Gasteiger partial charge >= 0.3 is 43.4 Å². The van der Waals surface area contributed by atoms with E-state index in [-0.39, 0.29) is 41.3 Å². The number of halogens is 2. The summed E-state index contributed by atoms with van der Waals surface area (Å²) >= 11 is 6.16. The second-order valence-electron chi connectivity index (χ2n) is 6.13. The minimum atomic E-state index is -0.385. The van der Waals surface area contributed by atoms with Gasteiger partial charge in [0, 0.05) is 23.5 Å². The van der Waals surface area contributed by atoms with Crippen molar-refractivity contribution in [2.24, 2.45) is 0 Å². The van der Waals surface area contributed by atoms with Crippen LogP contribution in [0.15, 0.2) is 36.4 Å². The predicted molar refractivity (Wildman–Crippen MR) is 138 cm³/mol. The summed E-state index contributed by atoms with van der Waals surface area (Å²) in [6.07, 6.45) is 0.